The molecular formula is C35H30N2. The molecule has 0 radical (unpaired) electrons. The van der Waals surface area contributed by atoms with E-state index in [4.69, 9.17) is 0 Å². The molecule has 0 N–H and O–H groups in total. The molecule has 0 aliphatic heterocycles. The van der Waals surface area contributed by atoms with Gasteiger partial charge in [-0.25, -0.2) is 0 Å². The van der Waals surface area contributed by atoms with Crippen molar-refractivity contribution in [2.75, 3.05) is 30.9 Å². The Kier molecular flexibility index (Phi) is 4.81. The van der Waals surface area contributed by atoms with Crippen molar-refractivity contribution >= 4 is 11.4 Å². The van der Waals surface area contributed by atoms with Crippen LogP contribution in [0.2, 0.25) is 0 Å². The molecule has 7 rings (SSSR count). The number of hydrogen-bond acceptors (Lipinski definition) is 2. The third kappa shape index (κ3) is 2.99. The van der Waals surface area contributed by atoms with Gasteiger partial charge in [-0.2, -0.15) is 0 Å². The zero-order chi connectivity index (χ0) is 25.1. The molecule has 2 nitrogen and oxygen atoms in total. The van der Waals surface area contributed by atoms with Crippen LogP contribution in [-0.2, 0) is 12.0 Å². The smallest absolute Gasteiger partial charge is 0.0726 e. The highest BCUT2D eigenvalue weighted by atomic mass is 15.1. The molecule has 2 heteroatoms. The number of nitrogens with zero attached hydrogens (tertiary/aromatic N) is 2. The van der Waals surface area contributed by atoms with E-state index in [9.17, 15) is 0 Å². The van der Waals surface area contributed by atoms with Crippen molar-refractivity contribution in [2.45, 2.75) is 12.0 Å². The van der Waals surface area contributed by atoms with Crippen LogP contribution in [-0.4, -0.2) is 21.1 Å². The second-order valence-corrected chi connectivity index (χ2v) is 10.5. The van der Waals surface area contributed by atoms with Crippen molar-refractivity contribution in [2.24, 2.45) is 0 Å². The zero-order valence-electron chi connectivity index (χ0n) is 21.6. The standard InChI is InChI=1S/C35H30N2/c1-36(2)25-21-19-24(20-22-25)23-37(3)33-18-10-17-32-34(33)28-13-6-9-16-31(28)35(32)29-14-7-4-11-26(29)27-12-5-8-15-30(27)35/h4-22H,23H2,1-3H3. The monoisotopic (exact) mass is 478 g/mol. The lowest BCUT2D eigenvalue weighted by Crippen LogP contribution is -2.26. The number of benzene rings is 5. The molecule has 1 spiro atoms. The van der Waals surface area contributed by atoms with E-state index in [0.29, 0.717) is 0 Å². The summed E-state index contributed by atoms with van der Waals surface area (Å²) in [7, 11) is 6.39. The van der Waals surface area contributed by atoms with Crippen molar-refractivity contribution in [1.29, 1.82) is 0 Å². The maximum absolute atomic E-state index is 2.41. The largest absolute Gasteiger partial charge is 0.378 e. The van der Waals surface area contributed by atoms with Gasteiger partial charge in [0.2, 0.25) is 0 Å². The summed E-state index contributed by atoms with van der Waals surface area (Å²) >= 11 is 0. The Morgan fingerprint density at radius 2 is 1.03 bits per heavy atom. The predicted molar refractivity (Wildman–Crippen MR) is 156 cm³/mol. The molecule has 0 heterocycles. The van der Waals surface area contributed by atoms with Crippen LogP contribution in [0.25, 0.3) is 22.3 Å². The Bertz CT molecular complexity index is 1600. The summed E-state index contributed by atoms with van der Waals surface area (Å²) in [4.78, 5) is 4.55. The number of rotatable bonds is 4. The van der Waals surface area contributed by atoms with Crippen LogP contribution in [0.15, 0.2) is 115 Å². The van der Waals surface area contributed by atoms with Crippen LogP contribution >= 0.6 is 0 Å². The van der Waals surface area contributed by atoms with Gasteiger partial charge >= 0.3 is 0 Å². The fourth-order valence-electron chi connectivity index (χ4n) is 6.70. The predicted octanol–water partition coefficient (Wildman–Crippen LogP) is 7.73. The first-order chi connectivity index (χ1) is 18.1. The van der Waals surface area contributed by atoms with Gasteiger partial charge in [-0.15, -0.1) is 0 Å². The summed E-state index contributed by atoms with van der Waals surface area (Å²) in [5.74, 6) is 0. The van der Waals surface area contributed by atoms with E-state index < -0.39 is 0 Å². The van der Waals surface area contributed by atoms with E-state index in [1.165, 1.54) is 61.4 Å². The Hall–Kier alpha value is -4.30. The highest BCUT2D eigenvalue weighted by Gasteiger charge is 2.52. The van der Waals surface area contributed by atoms with Gasteiger partial charge in [-0.3, -0.25) is 0 Å². The van der Waals surface area contributed by atoms with Crippen molar-refractivity contribution in [1.82, 2.24) is 0 Å². The van der Waals surface area contributed by atoms with Crippen LogP contribution in [0.3, 0.4) is 0 Å². The fourth-order valence-corrected chi connectivity index (χ4v) is 6.70. The molecule has 0 saturated heterocycles. The van der Waals surface area contributed by atoms with Gasteiger partial charge in [0, 0.05) is 44.6 Å². The summed E-state index contributed by atoms with van der Waals surface area (Å²) in [6.07, 6.45) is 0. The third-order valence-electron chi connectivity index (χ3n) is 8.28. The highest BCUT2D eigenvalue weighted by Crippen LogP contribution is 2.63. The first kappa shape index (κ1) is 21.9. The van der Waals surface area contributed by atoms with E-state index >= 15 is 0 Å². The van der Waals surface area contributed by atoms with Crippen LogP contribution < -0.4 is 9.80 Å². The molecule has 180 valence electrons. The first-order valence-corrected chi connectivity index (χ1v) is 13.0. The van der Waals surface area contributed by atoms with E-state index in [-0.39, 0.29) is 5.41 Å². The van der Waals surface area contributed by atoms with Crippen molar-refractivity contribution in [3.63, 3.8) is 0 Å². The Labute approximate surface area is 219 Å². The summed E-state index contributed by atoms with van der Waals surface area (Å²) < 4.78 is 0. The van der Waals surface area contributed by atoms with Gasteiger partial charge in [-0.1, -0.05) is 97.1 Å². The summed E-state index contributed by atoms with van der Waals surface area (Å²) in [6, 6.07) is 42.8. The molecule has 0 aromatic heterocycles. The van der Waals surface area contributed by atoms with E-state index in [1.54, 1.807) is 0 Å². The maximum atomic E-state index is 2.41. The van der Waals surface area contributed by atoms with Crippen molar-refractivity contribution < 1.29 is 0 Å². The van der Waals surface area contributed by atoms with E-state index in [1.807, 2.05) is 0 Å². The average Bonchev–Trinajstić information content (AvgIpc) is 3.41. The van der Waals surface area contributed by atoms with Crippen LogP contribution in [0.1, 0.15) is 27.8 Å². The summed E-state index contributed by atoms with van der Waals surface area (Å²) in [5, 5.41) is 0. The van der Waals surface area contributed by atoms with E-state index in [2.05, 4.69) is 146 Å². The van der Waals surface area contributed by atoms with Gasteiger partial charge in [0.05, 0.1) is 5.41 Å². The second-order valence-electron chi connectivity index (χ2n) is 10.5. The molecule has 2 aliphatic rings. The highest BCUT2D eigenvalue weighted by molar-refractivity contribution is 5.98. The lowest BCUT2D eigenvalue weighted by molar-refractivity contribution is 0.793. The Morgan fingerprint density at radius 3 is 1.62 bits per heavy atom. The van der Waals surface area contributed by atoms with Gasteiger partial charge in [0.1, 0.15) is 0 Å². The third-order valence-corrected chi connectivity index (χ3v) is 8.28. The maximum Gasteiger partial charge on any atom is 0.0726 e. The fraction of sp³-hybridized carbons (Fsp3) is 0.143. The van der Waals surface area contributed by atoms with Crippen LogP contribution in [0, 0.1) is 0 Å². The lowest BCUT2D eigenvalue weighted by atomic mass is 9.70. The SMILES string of the molecule is CN(C)c1ccc(CN(C)c2cccc3c2-c2ccccc2C32c3ccccc3-c3ccccc32)cc1. The van der Waals surface area contributed by atoms with E-state index in [0.717, 1.165) is 6.54 Å². The van der Waals surface area contributed by atoms with Gasteiger partial charge in [-0.05, 0) is 62.7 Å². The van der Waals surface area contributed by atoms with Gasteiger partial charge in [0.25, 0.3) is 0 Å². The van der Waals surface area contributed by atoms with Crippen molar-refractivity contribution in [3.05, 3.63) is 143 Å². The molecule has 5 aromatic rings. The zero-order valence-corrected chi connectivity index (χ0v) is 21.6. The normalized spacial score (nSPS) is 13.6. The summed E-state index contributed by atoms with van der Waals surface area (Å²) in [5.41, 5.74) is 14.5. The second kappa shape index (κ2) is 8.11. The number of fused-ring (bicyclic) bond motifs is 10. The molecule has 0 unspecified atom stereocenters. The molecule has 2 aliphatic carbocycles. The van der Waals surface area contributed by atoms with Gasteiger partial charge < -0.3 is 9.80 Å². The van der Waals surface area contributed by atoms with Crippen LogP contribution in [0.5, 0.6) is 0 Å². The Morgan fingerprint density at radius 1 is 0.514 bits per heavy atom. The molecule has 0 saturated carbocycles. The quantitative estimate of drug-likeness (QED) is 0.255. The summed E-state index contributed by atoms with van der Waals surface area (Å²) in [6.45, 7) is 0.854. The minimum atomic E-state index is -0.288. The average molecular weight is 479 g/mol. The number of anilines is 2. The minimum Gasteiger partial charge on any atom is -0.378 e. The first-order valence-electron chi connectivity index (χ1n) is 13.0. The minimum absolute atomic E-state index is 0.288. The Balaban J connectivity index is 1.43. The molecule has 0 fully saturated rings. The lowest BCUT2D eigenvalue weighted by Gasteiger charge is -2.31. The molecule has 0 bridgehead atoms. The topological polar surface area (TPSA) is 6.48 Å². The molecule has 0 amide bonds. The molecule has 5 aromatic carbocycles. The molecule has 37 heavy (non-hydrogen) atoms. The van der Waals surface area contributed by atoms with Gasteiger partial charge in [0.15, 0.2) is 0 Å². The van der Waals surface area contributed by atoms with Crippen LogP contribution in [0.4, 0.5) is 11.4 Å². The molecule has 0 atom stereocenters. The van der Waals surface area contributed by atoms with Crippen molar-refractivity contribution in [3.8, 4) is 22.3 Å². The number of hydrogen-bond donors (Lipinski definition) is 0. The molecular weight excluding hydrogens is 448 g/mol.